The molecule has 104 valence electrons. The van der Waals surface area contributed by atoms with Crippen LogP contribution in [0.1, 0.15) is 5.56 Å². The summed E-state index contributed by atoms with van der Waals surface area (Å²) in [6.45, 7) is 0.362. The average Bonchev–Trinajstić information content (AvgIpc) is 2.91. The van der Waals surface area contributed by atoms with E-state index in [4.69, 9.17) is 16.0 Å². The van der Waals surface area contributed by atoms with Crippen LogP contribution in [0.4, 0.5) is 5.69 Å². The maximum absolute atomic E-state index is 11.6. The van der Waals surface area contributed by atoms with Gasteiger partial charge in [0.2, 0.25) is 0 Å². The minimum absolute atomic E-state index is 0.362. The van der Waals surface area contributed by atoms with Gasteiger partial charge in [0.15, 0.2) is 0 Å². The van der Waals surface area contributed by atoms with Gasteiger partial charge in [-0.05, 0) is 36.2 Å². The fraction of sp³-hybridized carbons (Fsp3) is 0.143. The van der Waals surface area contributed by atoms with E-state index in [0.29, 0.717) is 23.7 Å². The molecule has 6 heteroatoms. The number of benzene rings is 1. The highest BCUT2D eigenvalue weighted by atomic mass is 35.5. The van der Waals surface area contributed by atoms with E-state index in [1.54, 1.807) is 42.9 Å². The van der Waals surface area contributed by atoms with Crippen LogP contribution in [0.15, 0.2) is 47.3 Å². The van der Waals surface area contributed by atoms with Crippen LogP contribution < -0.4 is 10.6 Å². The van der Waals surface area contributed by atoms with E-state index in [2.05, 4.69) is 10.6 Å². The lowest BCUT2D eigenvalue weighted by atomic mass is 10.2. The number of nitrogens with one attached hydrogen (secondary N) is 2. The van der Waals surface area contributed by atoms with Crippen molar-refractivity contribution >= 4 is 29.1 Å². The van der Waals surface area contributed by atoms with Gasteiger partial charge < -0.3 is 15.1 Å². The molecule has 0 fully saturated rings. The first-order valence-corrected chi connectivity index (χ1v) is 6.39. The molecule has 2 N–H and O–H groups in total. The van der Waals surface area contributed by atoms with Crippen LogP contribution in [0.2, 0.25) is 5.02 Å². The molecule has 0 bridgehead atoms. The Bertz CT molecular complexity index is 596. The molecule has 20 heavy (non-hydrogen) atoms. The molecule has 1 aromatic carbocycles. The van der Waals surface area contributed by atoms with Crippen molar-refractivity contribution in [3.05, 3.63) is 53.4 Å². The predicted molar refractivity (Wildman–Crippen MR) is 75.5 cm³/mol. The summed E-state index contributed by atoms with van der Waals surface area (Å²) in [5.41, 5.74) is 1.44. The second kappa shape index (κ2) is 6.77. The summed E-state index contributed by atoms with van der Waals surface area (Å²) in [5, 5.41) is 5.49. The van der Waals surface area contributed by atoms with Crippen molar-refractivity contribution in [3.8, 4) is 0 Å². The maximum Gasteiger partial charge on any atom is 0.313 e. The van der Waals surface area contributed by atoms with Crippen LogP contribution >= 0.6 is 11.6 Å². The minimum atomic E-state index is -0.723. The molecule has 5 nitrogen and oxygen atoms in total. The van der Waals surface area contributed by atoms with Crippen LogP contribution in [-0.4, -0.2) is 18.4 Å². The Kier molecular flexibility index (Phi) is 4.79. The number of anilines is 1. The van der Waals surface area contributed by atoms with Crippen LogP contribution in [0.25, 0.3) is 0 Å². The first kappa shape index (κ1) is 14.1. The summed E-state index contributed by atoms with van der Waals surface area (Å²) >= 11 is 5.79. The third kappa shape index (κ3) is 4.13. The molecule has 0 spiro atoms. The normalized spacial score (nSPS) is 10.1. The second-order valence-corrected chi connectivity index (χ2v) is 4.54. The SMILES string of the molecule is O=C(NCCc1ccoc1)C(=O)Nc1cccc(Cl)c1. The highest BCUT2D eigenvalue weighted by Gasteiger charge is 2.13. The van der Waals surface area contributed by atoms with Crippen LogP contribution in [0, 0.1) is 0 Å². The van der Waals surface area contributed by atoms with E-state index >= 15 is 0 Å². The molecule has 0 unspecified atom stereocenters. The largest absolute Gasteiger partial charge is 0.472 e. The molecular weight excluding hydrogens is 280 g/mol. The lowest BCUT2D eigenvalue weighted by molar-refractivity contribution is -0.136. The number of halogens is 1. The van der Waals surface area contributed by atoms with E-state index in [0.717, 1.165) is 5.56 Å². The van der Waals surface area contributed by atoms with E-state index in [1.165, 1.54) is 0 Å². The van der Waals surface area contributed by atoms with Crippen LogP contribution in [0.3, 0.4) is 0 Å². The highest BCUT2D eigenvalue weighted by Crippen LogP contribution is 2.14. The zero-order chi connectivity index (χ0) is 14.4. The molecule has 2 aromatic rings. The Morgan fingerprint density at radius 1 is 1.20 bits per heavy atom. The van der Waals surface area contributed by atoms with Gasteiger partial charge in [0.25, 0.3) is 0 Å². The first-order chi connectivity index (χ1) is 9.65. The molecule has 0 atom stereocenters. The number of amides is 2. The Balaban J connectivity index is 1.78. The standard InChI is InChI=1S/C14H13ClN2O3/c15-11-2-1-3-12(8-11)17-14(19)13(18)16-6-4-10-5-7-20-9-10/h1-3,5,7-9H,4,6H2,(H,16,18)(H,17,19). The summed E-state index contributed by atoms with van der Waals surface area (Å²) in [4.78, 5) is 23.2. The van der Waals surface area contributed by atoms with Crippen molar-refractivity contribution in [3.63, 3.8) is 0 Å². The summed E-state index contributed by atoms with van der Waals surface area (Å²) in [5.74, 6) is -1.41. The molecule has 1 aromatic heterocycles. The topological polar surface area (TPSA) is 71.3 Å². The molecule has 1 heterocycles. The van der Waals surface area contributed by atoms with Crippen molar-refractivity contribution in [2.75, 3.05) is 11.9 Å². The number of furan rings is 1. The molecule has 0 saturated heterocycles. The number of hydrogen-bond donors (Lipinski definition) is 2. The minimum Gasteiger partial charge on any atom is -0.472 e. The quantitative estimate of drug-likeness (QED) is 0.849. The van der Waals surface area contributed by atoms with Crippen molar-refractivity contribution in [2.45, 2.75) is 6.42 Å². The summed E-state index contributed by atoms with van der Waals surface area (Å²) in [6.07, 6.45) is 3.76. The first-order valence-electron chi connectivity index (χ1n) is 6.01. The number of carbonyl (C=O) groups is 2. The van der Waals surface area contributed by atoms with Gasteiger partial charge in [0.1, 0.15) is 0 Å². The molecular formula is C14H13ClN2O3. The van der Waals surface area contributed by atoms with Gasteiger partial charge in [-0.3, -0.25) is 9.59 Å². The molecule has 0 radical (unpaired) electrons. The van der Waals surface area contributed by atoms with Crippen LogP contribution in [-0.2, 0) is 16.0 Å². The van der Waals surface area contributed by atoms with Gasteiger partial charge in [-0.25, -0.2) is 0 Å². The van der Waals surface area contributed by atoms with Gasteiger partial charge in [0, 0.05) is 17.3 Å². The van der Waals surface area contributed by atoms with Crippen molar-refractivity contribution < 1.29 is 14.0 Å². The van der Waals surface area contributed by atoms with Crippen molar-refractivity contribution in [2.24, 2.45) is 0 Å². The van der Waals surface area contributed by atoms with Crippen molar-refractivity contribution in [1.29, 1.82) is 0 Å². The summed E-state index contributed by atoms with van der Waals surface area (Å²) < 4.78 is 4.91. The number of rotatable bonds is 4. The molecule has 0 saturated carbocycles. The van der Waals surface area contributed by atoms with E-state index in [1.807, 2.05) is 0 Å². The van der Waals surface area contributed by atoms with Gasteiger partial charge in [-0.15, -0.1) is 0 Å². The predicted octanol–water partition coefficient (Wildman–Crippen LogP) is 2.23. The third-order valence-corrected chi connectivity index (χ3v) is 2.80. The molecule has 0 aliphatic heterocycles. The molecule has 0 aliphatic carbocycles. The summed E-state index contributed by atoms with van der Waals surface area (Å²) in [6, 6.07) is 8.40. The van der Waals surface area contributed by atoms with Gasteiger partial charge >= 0.3 is 11.8 Å². The number of carbonyl (C=O) groups excluding carboxylic acids is 2. The van der Waals surface area contributed by atoms with Gasteiger partial charge in [-0.1, -0.05) is 17.7 Å². The van der Waals surface area contributed by atoms with Gasteiger partial charge in [-0.2, -0.15) is 0 Å². The zero-order valence-electron chi connectivity index (χ0n) is 10.6. The van der Waals surface area contributed by atoms with E-state index in [9.17, 15) is 9.59 Å². The zero-order valence-corrected chi connectivity index (χ0v) is 11.3. The second-order valence-electron chi connectivity index (χ2n) is 4.10. The smallest absolute Gasteiger partial charge is 0.313 e. The average molecular weight is 293 g/mol. The Labute approximate surface area is 120 Å². The fourth-order valence-corrected chi connectivity index (χ4v) is 1.78. The highest BCUT2D eigenvalue weighted by molar-refractivity contribution is 6.39. The van der Waals surface area contributed by atoms with Gasteiger partial charge in [0.05, 0.1) is 12.5 Å². The van der Waals surface area contributed by atoms with E-state index in [-0.39, 0.29) is 0 Å². The fourth-order valence-electron chi connectivity index (χ4n) is 1.59. The molecule has 2 amide bonds. The lowest BCUT2D eigenvalue weighted by Gasteiger charge is -2.06. The monoisotopic (exact) mass is 292 g/mol. The summed E-state index contributed by atoms with van der Waals surface area (Å²) in [7, 11) is 0. The Morgan fingerprint density at radius 3 is 2.75 bits per heavy atom. The molecule has 2 rings (SSSR count). The Morgan fingerprint density at radius 2 is 2.05 bits per heavy atom. The van der Waals surface area contributed by atoms with Crippen molar-refractivity contribution in [1.82, 2.24) is 5.32 Å². The number of hydrogen-bond acceptors (Lipinski definition) is 3. The maximum atomic E-state index is 11.6. The third-order valence-electron chi connectivity index (χ3n) is 2.57. The lowest BCUT2D eigenvalue weighted by Crippen LogP contribution is -2.36. The van der Waals surface area contributed by atoms with E-state index < -0.39 is 11.8 Å². The van der Waals surface area contributed by atoms with Crippen LogP contribution in [0.5, 0.6) is 0 Å². The molecule has 0 aliphatic rings. The Hall–Kier alpha value is -2.27.